The molecule has 3 rings (SSSR count). The molecule has 0 saturated carbocycles. The van der Waals surface area contributed by atoms with Crippen molar-refractivity contribution in [3.8, 4) is 0 Å². The second kappa shape index (κ2) is 4.89. The zero-order valence-corrected chi connectivity index (χ0v) is 10.3. The number of fused-ring (bicyclic) bond motifs is 1. The van der Waals surface area contributed by atoms with Crippen LogP contribution in [0.4, 0.5) is 13.2 Å². The number of benzene rings is 2. The molecule has 1 nitrogen and oxygen atoms in total. The molecule has 1 aromatic heterocycles. The van der Waals surface area contributed by atoms with E-state index < -0.39 is 11.9 Å². The van der Waals surface area contributed by atoms with Gasteiger partial charge in [-0.15, -0.1) is 0 Å². The van der Waals surface area contributed by atoms with Gasteiger partial charge < -0.3 is 4.98 Å². The van der Waals surface area contributed by atoms with Crippen LogP contribution in [0.25, 0.3) is 16.5 Å². The Morgan fingerprint density at radius 3 is 2.50 bits per heavy atom. The topological polar surface area (TPSA) is 15.8 Å². The zero-order chi connectivity index (χ0) is 14.1. The lowest BCUT2D eigenvalue weighted by atomic mass is 9.98. The molecule has 4 heteroatoms. The quantitative estimate of drug-likeness (QED) is 0.679. The van der Waals surface area contributed by atoms with Crippen LogP contribution in [0.1, 0.15) is 11.1 Å². The van der Waals surface area contributed by atoms with Crippen LogP contribution in [0, 0.1) is 5.82 Å². The van der Waals surface area contributed by atoms with Gasteiger partial charge in [0.25, 0.3) is 6.08 Å². The minimum absolute atomic E-state index is 0.162. The minimum atomic E-state index is -1.83. The third kappa shape index (κ3) is 2.09. The first-order valence-corrected chi connectivity index (χ1v) is 6.04. The molecule has 0 aliphatic carbocycles. The molecule has 3 aromatic rings. The number of hydrogen-bond acceptors (Lipinski definition) is 0. The van der Waals surface area contributed by atoms with E-state index in [1.165, 1.54) is 24.4 Å². The van der Waals surface area contributed by atoms with Crippen molar-refractivity contribution in [1.82, 2.24) is 4.98 Å². The van der Waals surface area contributed by atoms with Crippen LogP contribution < -0.4 is 0 Å². The summed E-state index contributed by atoms with van der Waals surface area (Å²) in [5, 5.41) is 0.680. The van der Waals surface area contributed by atoms with E-state index in [1.807, 2.05) is 6.07 Å². The van der Waals surface area contributed by atoms with Crippen LogP contribution in [-0.2, 0) is 0 Å². The fourth-order valence-electron chi connectivity index (χ4n) is 2.29. The van der Waals surface area contributed by atoms with E-state index in [1.54, 1.807) is 18.2 Å². The summed E-state index contributed by atoms with van der Waals surface area (Å²) in [5.41, 5.74) is 1.04. The molecule has 0 unspecified atom stereocenters. The molecule has 0 aliphatic rings. The SMILES string of the molecule is FC(F)=C(c1cccc(F)c1)c1c[nH]c2ccccc12. The summed E-state index contributed by atoms with van der Waals surface area (Å²) in [6, 6.07) is 12.4. The second-order valence-electron chi connectivity index (χ2n) is 4.39. The second-order valence-corrected chi connectivity index (χ2v) is 4.39. The van der Waals surface area contributed by atoms with Gasteiger partial charge in [-0.3, -0.25) is 0 Å². The van der Waals surface area contributed by atoms with Crippen molar-refractivity contribution >= 4 is 16.5 Å². The molecule has 0 bridgehead atoms. The van der Waals surface area contributed by atoms with Gasteiger partial charge in [-0.05, 0) is 23.8 Å². The van der Waals surface area contributed by atoms with Gasteiger partial charge in [-0.2, -0.15) is 8.78 Å². The number of para-hydroxylation sites is 1. The summed E-state index contributed by atoms with van der Waals surface area (Å²) in [5.74, 6) is -0.541. The number of aromatic nitrogens is 1. The summed E-state index contributed by atoms with van der Waals surface area (Å²) < 4.78 is 40.0. The Kier molecular flexibility index (Phi) is 3.06. The lowest BCUT2D eigenvalue weighted by Gasteiger charge is -2.06. The van der Waals surface area contributed by atoms with Crippen LogP contribution in [0.15, 0.2) is 60.8 Å². The number of rotatable bonds is 2. The first-order valence-electron chi connectivity index (χ1n) is 6.04. The molecule has 0 saturated heterocycles. The molecule has 0 spiro atoms. The van der Waals surface area contributed by atoms with Crippen LogP contribution in [-0.4, -0.2) is 4.98 Å². The smallest absolute Gasteiger partial charge is 0.278 e. The van der Waals surface area contributed by atoms with E-state index in [2.05, 4.69) is 4.98 Å². The normalized spacial score (nSPS) is 10.8. The first-order chi connectivity index (χ1) is 9.66. The molecule has 0 atom stereocenters. The van der Waals surface area contributed by atoms with Crippen molar-refractivity contribution in [2.45, 2.75) is 0 Å². The molecule has 0 radical (unpaired) electrons. The third-order valence-corrected chi connectivity index (χ3v) is 3.16. The average molecular weight is 273 g/mol. The van der Waals surface area contributed by atoms with Crippen molar-refractivity contribution < 1.29 is 13.2 Å². The molecular formula is C16H10F3N. The van der Waals surface area contributed by atoms with Gasteiger partial charge in [0.15, 0.2) is 0 Å². The molecule has 2 aromatic carbocycles. The Balaban J connectivity index is 2.25. The molecule has 20 heavy (non-hydrogen) atoms. The first kappa shape index (κ1) is 12.5. The van der Waals surface area contributed by atoms with Crippen molar-refractivity contribution in [2.75, 3.05) is 0 Å². The van der Waals surface area contributed by atoms with E-state index in [-0.39, 0.29) is 11.1 Å². The molecule has 100 valence electrons. The highest BCUT2D eigenvalue weighted by Crippen LogP contribution is 2.33. The predicted molar refractivity (Wildman–Crippen MR) is 72.9 cm³/mol. The monoisotopic (exact) mass is 273 g/mol. The highest BCUT2D eigenvalue weighted by Gasteiger charge is 2.16. The highest BCUT2D eigenvalue weighted by molar-refractivity contribution is 5.97. The Morgan fingerprint density at radius 2 is 1.75 bits per heavy atom. The maximum absolute atomic E-state index is 13.4. The highest BCUT2D eigenvalue weighted by atomic mass is 19.3. The molecular weight excluding hydrogens is 263 g/mol. The lowest BCUT2D eigenvalue weighted by Crippen LogP contribution is -1.89. The summed E-state index contributed by atoms with van der Waals surface area (Å²) >= 11 is 0. The Morgan fingerprint density at radius 1 is 0.950 bits per heavy atom. The Hall–Kier alpha value is -2.49. The van der Waals surface area contributed by atoms with E-state index in [9.17, 15) is 13.2 Å². The van der Waals surface area contributed by atoms with E-state index >= 15 is 0 Å². The third-order valence-electron chi connectivity index (χ3n) is 3.16. The van der Waals surface area contributed by atoms with Crippen molar-refractivity contribution in [2.24, 2.45) is 0 Å². The lowest BCUT2D eigenvalue weighted by molar-refractivity contribution is 0.426. The predicted octanol–water partition coefficient (Wildman–Crippen LogP) is 4.96. The van der Waals surface area contributed by atoms with E-state index in [0.29, 0.717) is 10.9 Å². The van der Waals surface area contributed by atoms with Crippen LogP contribution in [0.2, 0.25) is 0 Å². The number of halogens is 3. The van der Waals surface area contributed by atoms with Gasteiger partial charge in [0.05, 0.1) is 5.57 Å². The molecule has 0 amide bonds. The van der Waals surface area contributed by atoms with Crippen molar-refractivity contribution in [3.05, 3.63) is 77.8 Å². The van der Waals surface area contributed by atoms with Crippen LogP contribution in [0.3, 0.4) is 0 Å². The summed E-state index contributed by atoms with van der Waals surface area (Å²) in [6.45, 7) is 0. The maximum atomic E-state index is 13.4. The maximum Gasteiger partial charge on any atom is 0.278 e. The number of nitrogens with one attached hydrogen (secondary N) is 1. The fourth-order valence-corrected chi connectivity index (χ4v) is 2.29. The Bertz CT molecular complexity index is 798. The summed E-state index contributed by atoms with van der Waals surface area (Å²) in [7, 11) is 0. The van der Waals surface area contributed by atoms with Crippen LogP contribution in [0.5, 0.6) is 0 Å². The number of hydrogen-bond donors (Lipinski definition) is 1. The van der Waals surface area contributed by atoms with Crippen LogP contribution >= 0.6 is 0 Å². The van der Waals surface area contributed by atoms with Crippen molar-refractivity contribution in [1.29, 1.82) is 0 Å². The average Bonchev–Trinajstić information content (AvgIpc) is 2.83. The standard InChI is InChI=1S/C16H10F3N/c17-11-5-3-4-10(8-11)15(16(18)19)13-9-20-14-7-2-1-6-12(13)14/h1-9,20H. The number of H-pyrrole nitrogens is 1. The van der Waals surface area contributed by atoms with Gasteiger partial charge in [0.1, 0.15) is 5.82 Å². The van der Waals surface area contributed by atoms with Gasteiger partial charge >= 0.3 is 0 Å². The number of aromatic amines is 1. The minimum Gasteiger partial charge on any atom is -0.361 e. The van der Waals surface area contributed by atoms with Gasteiger partial charge in [-0.25, -0.2) is 4.39 Å². The van der Waals surface area contributed by atoms with Crippen molar-refractivity contribution in [3.63, 3.8) is 0 Å². The Labute approximate surface area is 113 Å². The van der Waals surface area contributed by atoms with E-state index in [0.717, 1.165) is 11.6 Å². The summed E-state index contributed by atoms with van der Waals surface area (Å²) in [4.78, 5) is 2.95. The fraction of sp³-hybridized carbons (Fsp3) is 0. The largest absolute Gasteiger partial charge is 0.361 e. The summed E-state index contributed by atoms with van der Waals surface area (Å²) in [6.07, 6.45) is -0.315. The molecule has 1 N–H and O–H groups in total. The molecule has 0 aliphatic heterocycles. The van der Waals surface area contributed by atoms with Gasteiger partial charge in [0, 0.05) is 22.7 Å². The molecule has 1 heterocycles. The molecule has 0 fully saturated rings. The van der Waals surface area contributed by atoms with Gasteiger partial charge in [0.2, 0.25) is 0 Å². The van der Waals surface area contributed by atoms with E-state index in [4.69, 9.17) is 0 Å². The van der Waals surface area contributed by atoms with Gasteiger partial charge in [-0.1, -0.05) is 30.3 Å². The zero-order valence-electron chi connectivity index (χ0n) is 10.3.